The maximum Gasteiger partial charge on any atom is 0.242 e. The number of rotatable bonds is 7. The fourth-order valence-corrected chi connectivity index (χ4v) is 6.23. The lowest BCUT2D eigenvalue weighted by Gasteiger charge is -2.42. The van der Waals surface area contributed by atoms with E-state index in [2.05, 4.69) is 15.6 Å². The molecule has 0 aromatic carbocycles. The van der Waals surface area contributed by atoms with Crippen LogP contribution >= 0.6 is 0 Å². The van der Waals surface area contributed by atoms with Gasteiger partial charge in [0.25, 0.3) is 0 Å². The molecule has 0 spiro atoms. The average Bonchev–Trinajstić information content (AvgIpc) is 3.33. The summed E-state index contributed by atoms with van der Waals surface area (Å²) < 4.78 is 0. The van der Waals surface area contributed by atoms with Gasteiger partial charge in [0.15, 0.2) is 0 Å². The van der Waals surface area contributed by atoms with Crippen molar-refractivity contribution in [1.82, 2.24) is 15.6 Å². The van der Waals surface area contributed by atoms with Crippen LogP contribution < -0.4 is 16.4 Å². The van der Waals surface area contributed by atoms with Gasteiger partial charge in [-0.15, -0.1) is 0 Å². The number of carbonyl (C=O) groups excluding carboxylic acids is 2. The molecule has 6 heteroatoms. The van der Waals surface area contributed by atoms with Gasteiger partial charge in [-0.3, -0.25) is 9.59 Å². The lowest BCUT2D eigenvalue weighted by Crippen LogP contribution is -2.50. The van der Waals surface area contributed by atoms with Gasteiger partial charge >= 0.3 is 0 Å². The summed E-state index contributed by atoms with van der Waals surface area (Å²) in [4.78, 5) is 30.2. The monoisotopic (exact) mass is 426 g/mol. The first kappa shape index (κ1) is 22.1. The molecule has 6 nitrogen and oxygen atoms in total. The maximum atomic E-state index is 13.2. The van der Waals surface area contributed by atoms with E-state index in [1.54, 1.807) is 12.3 Å². The number of pyridine rings is 1. The highest BCUT2D eigenvalue weighted by Gasteiger charge is 2.38. The fraction of sp³-hybridized carbons (Fsp3) is 0.720. The van der Waals surface area contributed by atoms with Crippen LogP contribution in [0.5, 0.6) is 0 Å². The first-order chi connectivity index (χ1) is 15.1. The van der Waals surface area contributed by atoms with Crippen molar-refractivity contribution in [1.29, 1.82) is 0 Å². The minimum Gasteiger partial charge on any atom is -0.384 e. The Balaban J connectivity index is 1.41. The fourth-order valence-electron chi connectivity index (χ4n) is 6.23. The molecule has 1 aromatic rings. The van der Waals surface area contributed by atoms with E-state index in [0.717, 1.165) is 49.5 Å². The van der Waals surface area contributed by atoms with Gasteiger partial charge in [0.1, 0.15) is 11.9 Å². The van der Waals surface area contributed by atoms with Gasteiger partial charge in [0.2, 0.25) is 11.8 Å². The summed E-state index contributed by atoms with van der Waals surface area (Å²) in [6.07, 6.45) is 15.7. The SMILES string of the molecule is Nc1ccc(CNC(=O)C(CC2CCCC3CCCC[C@@H]32)NC(=O)C2CCCC2)cn1. The van der Waals surface area contributed by atoms with Gasteiger partial charge in [0, 0.05) is 18.7 Å². The van der Waals surface area contributed by atoms with E-state index in [-0.39, 0.29) is 17.7 Å². The third-order valence-electron chi connectivity index (χ3n) is 7.93. The van der Waals surface area contributed by atoms with Gasteiger partial charge in [-0.2, -0.15) is 0 Å². The Hall–Kier alpha value is -2.11. The molecule has 3 fully saturated rings. The smallest absolute Gasteiger partial charge is 0.242 e. The number of amides is 2. The molecule has 1 aromatic heterocycles. The molecular weight excluding hydrogens is 388 g/mol. The topological polar surface area (TPSA) is 97.1 Å². The van der Waals surface area contributed by atoms with E-state index in [1.165, 1.54) is 44.9 Å². The van der Waals surface area contributed by atoms with Gasteiger partial charge in [-0.1, -0.05) is 57.4 Å². The summed E-state index contributed by atoms with van der Waals surface area (Å²) in [5.74, 6) is 2.63. The summed E-state index contributed by atoms with van der Waals surface area (Å²) in [5.41, 5.74) is 6.57. The van der Waals surface area contributed by atoms with Crippen molar-refractivity contribution in [2.45, 2.75) is 89.6 Å². The zero-order valence-electron chi connectivity index (χ0n) is 18.7. The Kier molecular flexibility index (Phi) is 7.46. The first-order valence-electron chi connectivity index (χ1n) is 12.4. The van der Waals surface area contributed by atoms with Crippen LogP contribution in [0, 0.1) is 23.7 Å². The van der Waals surface area contributed by atoms with Crippen LogP contribution in [0.2, 0.25) is 0 Å². The predicted octanol–water partition coefficient (Wildman–Crippen LogP) is 3.95. The number of hydrogen-bond donors (Lipinski definition) is 3. The molecule has 0 radical (unpaired) electrons. The van der Waals surface area contributed by atoms with Crippen LogP contribution in [0.3, 0.4) is 0 Å². The molecule has 0 saturated heterocycles. The minimum absolute atomic E-state index is 0.0684. The Bertz CT molecular complexity index is 742. The van der Waals surface area contributed by atoms with Crippen LogP contribution in [0.1, 0.15) is 82.6 Å². The van der Waals surface area contributed by atoms with E-state index in [0.29, 0.717) is 18.3 Å². The second kappa shape index (κ2) is 10.5. The lowest BCUT2D eigenvalue weighted by atomic mass is 9.64. The summed E-state index contributed by atoms with van der Waals surface area (Å²) in [7, 11) is 0. The number of nitrogens with zero attached hydrogens (tertiary/aromatic N) is 1. The van der Waals surface area contributed by atoms with Gasteiger partial charge < -0.3 is 16.4 Å². The number of nitrogen functional groups attached to an aromatic ring is 1. The number of fused-ring (bicyclic) bond motifs is 1. The molecule has 4 atom stereocenters. The van der Waals surface area contributed by atoms with Crippen molar-refractivity contribution < 1.29 is 9.59 Å². The molecule has 3 aliphatic rings. The normalized spacial score (nSPS) is 27.3. The highest BCUT2D eigenvalue weighted by atomic mass is 16.2. The number of nitrogens with two attached hydrogens (primary N) is 1. The zero-order chi connectivity index (χ0) is 21.6. The number of anilines is 1. The highest BCUT2D eigenvalue weighted by Crippen LogP contribution is 2.45. The van der Waals surface area contributed by atoms with Crippen LogP contribution in [0.15, 0.2) is 18.3 Å². The zero-order valence-corrected chi connectivity index (χ0v) is 18.7. The summed E-state index contributed by atoms with van der Waals surface area (Å²) in [6, 6.07) is 3.18. The van der Waals surface area contributed by atoms with Crippen molar-refractivity contribution in [3.05, 3.63) is 23.9 Å². The van der Waals surface area contributed by atoms with E-state index in [4.69, 9.17) is 5.73 Å². The molecule has 4 N–H and O–H groups in total. The van der Waals surface area contributed by atoms with Crippen molar-refractivity contribution in [3.63, 3.8) is 0 Å². The molecule has 170 valence electrons. The number of nitrogens with one attached hydrogen (secondary N) is 2. The van der Waals surface area contributed by atoms with Gasteiger partial charge in [-0.05, 0) is 55.1 Å². The molecule has 1 heterocycles. The van der Waals surface area contributed by atoms with Crippen molar-refractivity contribution >= 4 is 17.6 Å². The molecule has 3 aliphatic carbocycles. The second-order valence-electron chi connectivity index (χ2n) is 9.99. The molecule has 31 heavy (non-hydrogen) atoms. The summed E-state index contributed by atoms with van der Waals surface area (Å²) in [6.45, 7) is 0.401. The van der Waals surface area contributed by atoms with Crippen LogP contribution in [-0.2, 0) is 16.1 Å². The Labute approximate surface area is 186 Å². The molecule has 0 bridgehead atoms. The second-order valence-corrected chi connectivity index (χ2v) is 9.99. The quantitative estimate of drug-likeness (QED) is 0.615. The third kappa shape index (κ3) is 5.78. The van der Waals surface area contributed by atoms with Gasteiger partial charge in [0.05, 0.1) is 0 Å². The van der Waals surface area contributed by atoms with Crippen molar-refractivity contribution in [2.75, 3.05) is 5.73 Å². The van der Waals surface area contributed by atoms with Crippen LogP contribution in [0.25, 0.3) is 0 Å². The standard InChI is InChI=1S/C25H38N4O2/c26-23-13-12-17(15-27-23)16-28-25(31)22(29-24(30)19-7-1-2-8-19)14-20-10-5-9-18-6-3-4-11-21(18)20/h12-13,15,18-22H,1-11,14,16H2,(H2,26,27)(H,28,31)(H,29,30)/t18?,20?,21-,22?/m0/s1. The molecule has 3 saturated carbocycles. The average molecular weight is 427 g/mol. The Morgan fingerprint density at radius 2 is 1.74 bits per heavy atom. The van der Waals surface area contributed by atoms with Crippen molar-refractivity contribution in [2.24, 2.45) is 23.7 Å². The van der Waals surface area contributed by atoms with Crippen molar-refractivity contribution in [3.8, 4) is 0 Å². The Morgan fingerprint density at radius 3 is 2.52 bits per heavy atom. The first-order valence-corrected chi connectivity index (χ1v) is 12.4. The molecule has 3 unspecified atom stereocenters. The molecule has 0 aliphatic heterocycles. The highest BCUT2D eigenvalue weighted by molar-refractivity contribution is 5.88. The predicted molar refractivity (Wildman–Crippen MR) is 122 cm³/mol. The lowest BCUT2D eigenvalue weighted by molar-refractivity contribution is -0.131. The molecule has 4 rings (SSSR count). The maximum absolute atomic E-state index is 13.2. The summed E-state index contributed by atoms with van der Waals surface area (Å²) >= 11 is 0. The largest absolute Gasteiger partial charge is 0.384 e. The third-order valence-corrected chi connectivity index (χ3v) is 7.93. The van der Waals surface area contributed by atoms with E-state index in [1.807, 2.05) is 6.07 Å². The minimum atomic E-state index is -0.444. The number of aromatic nitrogens is 1. The van der Waals surface area contributed by atoms with Gasteiger partial charge in [-0.25, -0.2) is 4.98 Å². The number of carbonyl (C=O) groups is 2. The van der Waals surface area contributed by atoms with E-state index < -0.39 is 6.04 Å². The molecular formula is C25H38N4O2. The number of hydrogen-bond acceptors (Lipinski definition) is 4. The Morgan fingerprint density at radius 1 is 1.00 bits per heavy atom. The van der Waals surface area contributed by atoms with Crippen LogP contribution in [0.4, 0.5) is 5.82 Å². The molecule has 2 amide bonds. The summed E-state index contributed by atoms with van der Waals surface area (Å²) in [5, 5.41) is 6.20. The van der Waals surface area contributed by atoms with E-state index >= 15 is 0 Å². The van der Waals surface area contributed by atoms with Crippen LogP contribution in [-0.4, -0.2) is 22.8 Å². The van der Waals surface area contributed by atoms with E-state index in [9.17, 15) is 9.59 Å².